The van der Waals surface area contributed by atoms with Crippen LogP contribution in [0.4, 0.5) is 0 Å². The van der Waals surface area contributed by atoms with Crippen LogP contribution < -0.4 is 4.74 Å². The quantitative estimate of drug-likeness (QED) is 0.530. The molecular weight excluding hydrogens is 362 g/mol. The summed E-state index contributed by atoms with van der Waals surface area (Å²) in [4.78, 5) is 14.4. The van der Waals surface area contributed by atoms with E-state index in [4.69, 9.17) is 4.74 Å². The Hall–Kier alpha value is -2.85. The lowest BCUT2D eigenvalue weighted by Crippen LogP contribution is -2.28. The van der Waals surface area contributed by atoms with Gasteiger partial charge in [0.2, 0.25) is 0 Å². The van der Waals surface area contributed by atoms with E-state index in [2.05, 4.69) is 24.8 Å². The lowest BCUT2D eigenvalue weighted by molar-refractivity contribution is -0.138. The summed E-state index contributed by atoms with van der Waals surface area (Å²) in [6.45, 7) is 7.68. The second kappa shape index (κ2) is 10.1. The molecule has 3 rings (SSSR count). The molecule has 0 heterocycles. The van der Waals surface area contributed by atoms with E-state index in [9.17, 15) is 9.90 Å². The number of carboxylic acid groups (broad SMARTS) is 1. The molecule has 0 saturated carbocycles. The highest BCUT2D eigenvalue weighted by Crippen LogP contribution is 2.33. The fourth-order valence-electron chi connectivity index (χ4n) is 3.72. The molecule has 1 unspecified atom stereocenters. The van der Waals surface area contributed by atoms with Gasteiger partial charge in [0.25, 0.3) is 0 Å². The van der Waals surface area contributed by atoms with Crippen molar-refractivity contribution < 1.29 is 14.6 Å². The number of aliphatic carboxylic acids is 1. The number of likely N-dealkylation sites (N-methyl/N-ethyl adjacent to an activating group) is 1. The molecule has 1 atom stereocenters. The van der Waals surface area contributed by atoms with Gasteiger partial charge in [0, 0.05) is 12.1 Å². The second-order valence-electron chi connectivity index (χ2n) is 7.14. The van der Waals surface area contributed by atoms with Crippen molar-refractivity contribution in [1.82, 2.24) is 4.90 Å². The van der Waals surface area contributed by atoms with Gasteiger partial charge < -0.3 is 14.7 Å². The average molecular weight is 392 g/mol. The van der Waals surface area contributed by atoms with Gasteiger partial charge in [-0.05, 0) is 41.9 Å². The number of nitrogens with zero attached hydrogens (tertiary/aromatic N) is 1. The molecule has 3 aromatic carbocycles. The van der Waals surface area contributed by atoms with E-state index in [0.717, 1.165) is 47.3 Å². The number of hydrogen-bond acceptors (Lipinski definition) is 3. The van der Waals surface area contributed by atoms with Crippen molar-refractivity contribution in [2.75, 3.05) is 26.2 Å². The highest BCUT2D eigenvalue weighted by atomic mass is 16.5. The monoisotopic (exact) mass is 391 g/mol. The summed E-state index contributed by atoms with van der Waals surface area (Å²) in [5, 5.41) is 12.1. The van der Waals surface area contributed by atoms with Gasteiger partial charge in [0.15, 0.2) is 0 Å². The maximum absolute atomic E-state index is 12.1. The Bertz CT molecular complexity index is 935. The average Bonchev–Trinajstić information content (AvgIpc) is 2.76. The Morgan fingerprint density at radius 2 is 1.66 bits per heavy atom. The maximum Gasteiger partial charge on any atom is 0.311 e. The molecular formula is C25H29NO3. The summed E-state index contributed by atoms with van der Waals surface area (Å²) in [5.41, 5.74) is 1.76. The van der Waals surface area contributed by atoms with Crippen molar-refractivity contribution in [2.24, 2.45) is 0 Å². The summed E-state index contributed by atoms with van der Waals surface area (Å²) in [5.74, 6) is -0.664. The summed E-state index contributed by atoms with van der Waals surface area (Å²) in [6.07, 6.45) is 0.390. The van der Waals surface area contributed by atoms with Crippen LogP contribution in [-0.4, -0.2) is 42.2 Å². The third-order valence-electron chi connectivity index (χ3n) is 5.47. The SMILES string of the molecule is CCN(CC)CCOc1ccc2ccccc2c1CC(C(=O)O)c1ccccc1. The van der Waals surface area contributed by atoms with Crippen molar-refractivity contribution in [1.29, 1.82) is 0 Å². The fraction of sp³-hybridized carbons (Fsp3) is 0.320. The van der Waals surface area contributed by atoms with Gasteiger partial charge in [-0.25, -0.2) is 0 Å². The molecule has 29 heavy (non-hydrogen) atoms. The van der Waals surface area contributed by atoms with Crippen molar-refractivity contribution in [3.05, 3.63) is 77.9 Å². The first-order valence-electron chi connectivity index (χ1n) is 10.3. The molecule has 4 heteroatoms. The number of benzene rings is 3. The minimum absolute atomic E-state index is 0.390. The summed E-state index contributed by atoms with van der Waals surface area (Å²) < 4.78 is 6.16. The third-order valence-corrected chi connectivity index (χ3v) is 5.47. The molecule has 0 fully saturated rings. The number of hydrogen-bond donors (Lipinski definition) is 1. The third kappa shape index (κ3) is 5.15. The molecule has 0 bridgehead atoms. The number of carbonyl (C=O) groups is 1. The molecule has 0 aliphatic heterocycles. The van der Waals surface area contributed by atoms with Crippen molar-refractivity contribution in [2.45, 2.75) is 26.2 Å². The van der Waals surface area contributed by atoms with E-state index in [-0.39, 0.29) is 0 Å². The summed E-state index contributed by atoms with van der Waals surface area (Å²) in [6, 6.07) is 21.5. The number of fused-ring (bicyclic) bond motifs is 1. The van der Waals surface area contributed by atoms with Crippen molar-refractivity contribution in [3.8, 4) is 5.75 Å². The van der Waals surface area contributed by atoms with Crippen LogP contribution in [0.15, 0.2) is 66.7 Å². The van der Waals surface area contributed by atoms with Gasteiger partial charge in [-0.1, -0.05) is 74.5 Å². The minimum Gasteiger partial charge on any atom is -0.492 e. The first kappa shape index (κ1) is 20.9. The molecule has 152 valence electrons. The van der Waals surface area contributed by atoms with Crippen LogP contribution in [0.25, 0.3) is 10.8 Å². The van der Waals surface area contributed by atoms with Crippen LogP contribution in [0, 0.1) is 0 Å². The Morgan fingerprint density at radius 3 is 2.34 bits per heavy atom. The zero-order chi connectivity index (χ0) is 20.6. The largest absolute Gasteiger partial charge is 0.492 e. The second-order valence-corrected chi connectivity index (χ2v) is 7.14. The van der Waals surface area contributed by atoms with Gasteiger partial charge in [-0.15, -0.1) is 0 Å². The van der Waals surface area contributed by atoms with E-state index >= 15 is 0 Å². The molecule has 0 spiro atoms. The standard InChI is InChI=1S/C25H29NO3/c1-3-26(4-2)16-17-29-24-15-14-20-12-8-9-13-21(20)23(24)18-22(25(27)28)19-10-6-5-7-11-19/h5-15,22H,3-4,16-18H2,1-2H3,(H,27,28). The van der Waals surface area contributed by atoms with Gasteiger partial charge in [-0.2, -0.15) is 0 Å². The lowest BCUT2D eigenvalue weighted by atomic mass is 9.89. The van der Waals surface area contributed by atoms with Crippen molar-refractivity contribution >= 4 is 16.7 Å². The Balaban J connectivity index is 1.94. The smallest absolute Gasteiger partial charge is 0.311 e. The first-order valence-corrected chi connectivity index (χ1v) is 10.3. The molecule has 0 aromatic heterocycles. The molecule has 1 N–H and O–H groups in total. The molecule has 0 saturated heterocycles. The fourth-order valence-corrected chi connectivity index (χ4v) is 3.72. The normalized spacial score (nSPS) is 12.2. The molecule has 0 aliphatic carbocycles. The van der Waals surface area contributed by atoms with Gasteiger partial charge in [0.1, 0.15) is 12.4 Å². The van der Waals surface area contributed by atoms with Crippen LogP contribution in [0.3, 0.4) is 0 Å². The van der Waals surface area contributed by atoms with Crippen LogP contribution >= 0.6 is 0 Å². The summed E-state index contributed by atoms with van der Waals surface area (Å²) >= 11 is 0. The van der Waals surface area contributed by atoms with E-state index in [1.54, 1.807) is 0 Å². The van der Waals surface area contributed by atoms with Crippen LogP contribution in [-0.2, 0) is 11.2 Å². The maximum atomic E-state index is 12.1. The van der Waals surface area contributed by atoms with E-state index in [1.807, 2.05) is 60.7 Å². The van der Waals surface area contributed by atoms with Crippen LogP contribution in [0.5, 0.6) is 5.75 Å². The van der Waals surface area contributed by atoms with Crippen LogP contribution in [0.1, 0.15) is 30.9 Å². The van der Waals surface area contributed by atoms with Gasteiger partial charge in [-0.3, -0.25) is 4.79 Å². The van der Waals surface area contributed by atoms with Crippen LogP contribution in [0.2, 0.25) is 0 Å². The molecule has 0 aliphatic rings. The van der Waals surface area contributed by atoms with E-state index < -0.39 is 11.9 Å². The van der Waals surface area contributed by atoms with Crippen molar-refractivity contribution in [3.63, 3.8) is 0 Å². The number of ether oxygens (including phenoxy) is 1. The molecule has 0 radical (unpaired) electrons. The zero-order valence-electron chi connectivity index (χ0n) is 17.2. The molecule has 4 nitrogen and oxygen atoms in total. The van der Waals surface area contributed by atoms with Gasteiger partial charge >= 0.3 is 5.97 Å². The Kier molecular flexibility index (Phi) is 7.25. The highest BCUT2D eigenvalue weighted by molar-refractivity contribution is 5.89. The van der Waals surface area contributed by atoms with E-state index in [1.165, 1.54) is 0 Å². The summed E-state index contributed by atoms with van der Waals surface area (Å²) in [7, 11) is 0. The predicted molar refractivity (Wildman–Crippen MR) is 118 cm³/mol. The first-order chi connectivity index (χ1) is 14.1. The minimum atomic E-state index is -0.821. The molecule has 0 amide bonds. The zero-order valence-corrected chi connectivity index (χ0v) is 17.2. The number of rotatable bonds is 10. The van der Waals surface area contributed by atoms with E-state index in [0.29, 0.717) is 13.0 Å². The Labute approximate surface area is 172 Å². The predicted octanol–water partition coefficient (Wildman–Crippen LogP) is 4.97. The highest BCUT2D eigenvalue weighted by Gasteiger charge is 2.23. The topological polar surface area (TPSA) is 49.8 Å². The number of carboxylic acids is 1. The van der Waals surface area contributed by atoms with Gasteiger partial charge in [0.05, 0.1) is 5.92 Å². The Morgan fingerprint density at radius 1 is 0.966 bits per heavy atom. The molecule has 3 aromatic rings. The lowest BCUT2D eigenvalue weighted by Gasteiger charge is -2.21.